The minimum absolute atomic E-state index is 0.509. The molecule has 1 atom stereocenters. The largest absolute Gasteiger partial charge is 0.389 e. The maximum Gasteiger partial charge on any atom is 0.114 e. The third-order valence-corrected chi connectivity index (χ3v) is 5.42. The van der Waals surface area contributed by atoms with Gasteiger partial charge in [-0.3, -0.25) is 0 Å². The van der Waals surface area contributed by atoms with Crippen LogP contribution in [0, 0.1) is 0 Å². The highest BCUT2D eigenvalue weighted by atomic mass is 16.3. The lowest BCUT2D eigenvalue weighted by atomic mass is 10.1. The zero-order valence-electron chi connectivity index (χ0n) is 16.1. The van der Waals surface area contributed by atoms with E-state index in [-0.39, 0.29) is 0 Å². The van der Waals surface area contributed by atoms with Gasteiger partial charge in [0.15, 0.2) is 0 Å². The van der Waals surface area contributed by atoms with E-state index in [0.29, 0.717) is 13.1 Å². The first-order chi connectivity index (χ1) is 14.3. The predicted octanol–water partition coefficient (Wildman–Crippen LogP) is 4.64. The lowest BCUT2D eigenvalue weighted by Crippen LogP contribution is -2.23. The van der Waals surface area contributed by atoms with Crippen LogP contribution in [-0.4, -0.2) is 25.3 Å². The number of hydrogen-bond acceptors (Lipinski definition) is 2. The van der Waals surface area contributed by atoms with E-state index in [1.807, 2.05) is 54.7 Å². The maximum atomic E-state index is 10.9. The summed E-state index contributed by atoms with van der Waals surface area (Å²) in [6.45, 7) is 1.06. The SMILES string of the molecule is O[C@H](Cn1ccc2ccccc21)Cn1c(Cc2ccccc2)nc2ccccc21. The Labute approximate surface area is 169 Å². The van der Waals surface area contributed by atoms with E-state index in [1.54, 1.807) is 0 Å². The van der Waals surface area contributed by atoms with Crippen LogP contribution in [0.4, 0.5) is 0 Å². The highest BCUT2D eigenvalue weighted by Crippen LogP contribution is 2.20. The van der Waals surface area contributed by atoms with Crippen LogP contribution >= 0.6 is 0 Å². The fourth-order valence-corrected chi connectivity index (χ4v) is 4.04. The van der Waals surface area contributed by atoms with E-state index in [9.17, 15) is 5.11 Å². The molecule has 144 valence electrons. The second kappa shape index (κ2) is 7.57. The van der Waals surface area contributed by atoms with Crippen LogP contribution in [0.5, 0.6) is 0 Å². The number of aliphatic hydroxyl groups is 1. The average Bonchev–Trinajstić information content (AvgIpc) is 3.31. The third-order valence-electron chi connectivity index (χ3n) is 5.42. The summed E-state index contributed by atoms with van der Waals surface area (Å²) in [5, 5.41) is 12.1. The fraction of sp³-hybridized carbons (Fsp3) is 0.160. The van der Waals surface area contributed by atoms with Gasteiger partial charge in [0.05, 0.1) is 30.2 Å². The molecule has 0 spiro atoms. The number of para-hydroxylation sites is 3. The number of benzene rings is 3. The molecule has 0 aliphatic carbocycles. The molecule has 0 radical (unpaired) electrons. The lowest BCUT2D eigenvalue weighted by molar-refractivity contribution is 0.136. The summed E-state index contributed by atoms with van der Waals surface area (Å²) < 4.78 is 4.29. The first-order valence-corrected chi connectivity index (χ1v) is 9.98. The smallest absolute Gasteiger partial charge is 0.114 e. The summed E-state index contributed by atoms with van der Waals surface area (Å²) in [5.41, 5.74) is 4.40. The Morgan fingerprint density at radius 3 is 2.34 bits per heavy atom. The van der Waals surface area contributed by atoms with E-state index in [2.05, 4.69) is 45.5 Å². The Hall–Kier alpha value is -3.37. The molecule has 0 saturated heterocycles. The summed E-state index contributed by atoms with van der Waals surface area (Å²) in [7, 11) is 0. The molecule has 0 amide bonds. The molecular weight excluding hydrogens is 358 g/mol. The summed E-state index contributed by atoms with van der Waals surface area (Å²) >= 11 is 0. The molecule has 0 aliphatic rings. The second-order valence-corrected chi connectivity index (χ2v) is 7.47. The highest BCUT2D eigenvalue weighted by Gasteiger charge is 2.15. The summed E-state index contributed by atoms with van der Waals surface area (Å²) in [4.78, 5) is 4.85. The van der Waals surface area contributed by atoms with Crippen LogP contribution in [0.3, 0.4) is 0 Å². The van der Waals surface area contributed by atoms with E-state index < -0.39 is 6.10 Å². The van der Waals surface area contributed by atoms with Crippen LogP contribution in [0.25, 0.3) is 21.9 Å². The van der Waals surface area contributed by atoms with E-state index in [1.165, 1.54) is 10.9 Å². The van der Waals surface area contributed by atoms with Gasteiger partial charge in [0.2, 0.25) is 0 Å². The summed E-state index contributed by atoms with van der Waals surface area (Å²) in [5.74, 6) is 0.980. The van der Waals surface area contributed by atoms with Gasteiger partial charge < -0.3 is 14.2 Å². The van der Waals surface area contributed by atoms with Gasteiger partial charge in [-0.05, 0) is 35.2 Å². The highest BCUT2D eigenvalue weighted by molar-refractivity contribution is 5.80. The minimum Gasteiger partial charge on any atom is -0.389 e. The molecule has 2 aromatic heterocycles. The number of hydrogen-bond donors (Lipinski definition) is 1. The summed E-state index contributed by atoms with van der Waals surface area (Å²) in [6, 6.07) is 28.9. The Morgan fingerprint density at radius 1 is 0.759 bits per heavy atom. The van der Waals surface area contributed by atoms with Crippen molar-refractivity contribution in [1.29, 1.82) is 0 Å². The van der Waals surface area contributed by atoms with Crippen LogP contribution < -0.4 is 0 Å². The molecule has 0 bridgehead atoms. The van der Waals surface area contributed by atoms with Gasteiger partial charge in [0, 0.05) is 18.1 Å². The third kappa shape index (κ3) is 3.55. The van der Waals surface area contributed by atoms with Crippen molar-refractivity contribution in [2.45, 2.75) is 25.6 Å². The maximum absolute atomic E-state index is 10.9. The van der Waals surface area contributed by atoms with Gasteiger partial charge >= 0.3 is 0 Å². The number of rotatable bonds is 6. The average molecular weight is 381 g/mol. The van der Waals surface area contributed by atoms with Crippen molar-refractivity contribution in [2.75, 3.05) is 0 Å². The molecular formula is C25H23N3O. The monoisotopic (exact) mass is 381 g/mol. The Kier molecular flexibility index (Phi) is 4.62. The number of aromatic nitrogens is 3. The van der Waals surface area contributed by atoms with E-state index in [0.717, 1.165) is 28.8 Å². The predicted molar refractivity (Wildman–Crippen MR) is 117 cm³/mol. The second-order valence-electron chi connectivity index (χ2n) is 7.47. The van der Waals surface area contributed by atoms with Gasteiger partial charge in [-0.1, -0.05) is 60.7 Å². The first-order valence-electron chi connectivity index (χ1n) is 9.98. The molecule has 0 fully saturated rings. The zero-order chi connectivity index (χ0) is 19.6. The molecule has 3 aromatic carbocycles. The molecule has 0 unspecified atom stereocenters. The normalized spacial score (nSPS) is 12.6. The van der Waals surface area contributed by atoms with Crippen LogP contribution in [0.15, 0.2) is 91.1 Å². The first kappa shape index (κ1) is 17.7. The number of aliphatic hydroxyl groups excluding tert-OH is 1. The molecule has 2 heterocycles. The molecule has 4 nitrogen and oxygen atoms in total. The molecule has 0 aliphatic heterocycles. The van der Waals surface area contributed by atoms with E-state index in [4.69, 9.17) is 4.98 Å². The van der Waals surface area contributed by atoms with Crippen molar-refractivity contribution in [3.63, 3.8) is 0 Å². The topological polar surface area (TPSA) is 43.0 Å². The summed E-state index contributed by atoms with van der Waals surface area (Å²) in [6.07, 6.45) is 2.28. The van der Waals surface area contributed by atoms with Gasteiger partial charge in [-0.15, -0.1) is 0 Å². The van der Waals surface area contributed by atoms with Crippen LogP contribution in [0.2, 0.25) is 0 Å². The van der Waals surface area contributed by atoms with Crippen LogP contribution in [0.1, 0.15) is 11.4 Å². The Balaban J connectivity index is 1.45. The quantitative estimate of drug-likeness (QED) is 0.465. The van der Waals surface area contributed by atoms with Crippen molar-refractivity contribution in [3.8, 4) is 0 Å². The molecule has 0 saturated carbocycles. The van der Waals surface area contributed by atoms with E-state index >= 15 is 0 Å². The number of fused-ring (bicyclic) bond motifs is 2. The molecule has 29 heavy (non-hydrogen) atoms. The fourth-order valence-electron chi connectivity index (χ4n) is 4.04. The van der Waals surface area contributed by atoms with Crippen LogP contribution in [-0.2, 0) is 19.5 Å². The van der Waals surface area contributed by atoms with Crippen molar-refractivity contribution in [2.24, 2.45) is 0 Å². The Bertz CT molecular complexity index is 1250. The van der Waals surface area contributed by atoms with Gasteiger partial charge in [0.25, 0.3) is 0 Å². The molecule has 4 heteroatoms. The standard InChI is InChI=1S/C25H23N3O/c29-21(17-27-15-14-20-10-4-6-12-23(20)27)18-28-24-13-7-5-11-22(24)26-25(28)16-19-8-2-1-3-9-19/h1-15,21,29H,16-18H2/t21-/m1/s1. The van der Waals surface area contributed by atoms with Crippen molar-refractivity contribution < 1.29 is 5.11 Å². The zero-order valence-corrected chi connectivity index (χ0v) is 16.1. The minimum atomic E-state index is -0.516. The van der Waals surface area contributed by atoms with Gasteiger partial charge in [-0.2, -0.15) is 0 Å². The number of imidazole rings is 1. The van der Waals surface area contributed by atoms with Crippen molar-refractivity contribution >= 4 is 21.9 Å². The molecule has 5 aromatic rings. The lowest BCUT2D eigenvalue weighted by Gasteiger charge is -2.16. The number of nitrogens with zero attached hydrogens (tertiary/aromatic N) is 3. The van der Waals surface area contributed by atoms with Crippen molar-refractivity contribution in [1.82, 2.24) is 14.1 Å². The Morgan fingerprint density at radius 2 is 1.48 bits per heavy atom. The van der Waals surface area contributed by atoms with Crippen molar-refractivity contribution in [3.05, 3.63) is 103 Å². The molecule has 1 N–H and O–H groups in total. The van der Waals surface area contributed by atoms with Gasteiger partial charge in [0.1, 0.15) is 5.82 Å². The van der Waals surface area contributed by atoms with Gasteiger partial charge in [-0.25, -0.2) is 4.98 Å². The molecule has 5 rings (SSSR count).